The summed E-state index contributed by atoms with van der Waals surface area (Å²) in [4.78, 5) is 7.91. The molecule has 0 radical (unpaired) electrons. The molecule has 0 aliphatic carbocycles. The molecule has 0 aliphatic rings. The van der Waals surface area contributed by atoms with Gasteiger partial charge in [0.2, 0.25) is 11.8 Å². The first-order valence-corrected chi connectivity index (χ1v) is 5.52. The lowest BCUT2D eigenvalue weighted by Gasteiger charge is -2.06. The van der Waals surface area contributed by atoms with Crippen LogP contribution in [0.2, 0.25) is 0 Å². The zero-order valence-electron chi connectivity index (χ0n) is 10.4. The number of rotatable bonds is 5. The molecule has 1 heterocycles. The second-order valence-electron chi connectivity index (χ2n) is 3.46. The van der Waals surface area contributed by atoms with E-state index in [0.717, 1.165) is 5.75 Å². The predicted molar refractivity (Wildman–Crippen MR) is 69.4 cm³/mol. The summed E-state index contributed by atoms with van der Waals surface area (Å²) < 4.78 is 15.8. The average molecular weight is 256 g/mol. The van der Waals surface area contributed by atoms with E-state index in [1.807, 2.05) is 0 Å². The van der Waals surface area contributed by atoms with E-state index in [2.05, 4.69) is 15.9 Å². The fraction of sp³-hybridized carbons (Fsp3) is 0.143. The largest absolute Gasteiger partial charge is 0.497 e. The third kappa shape index (κ3) is 3.61. The molecule has 2 rings (SSSR count). The number of aromatic nitrogens is 2. The third-order valence-electron chi connectivity index (χ3n) is 2.20. The molecule has 0 atom stereocenters. The Bertz CT molecular complexity index is 576. The lowest BCUT2D eigenvalue weighted by molar-refractivity contribution is 0.349. The maximum atomic E-state index is 5.56. The van der Waals surface area contributed by atoms with Crippen LogP contribution in [0.1, 0.15) is 0 Å². The Morgan fingerprint density at radius 3 is 2.47 bits per heavy atom. The van der Waals surface area contributed by atoms with Crippen LogP contribution >= 0.6 is 0 Å². The number of hydrogen-bond acceptors (Lipinski definition) is 5. The molecule has 1 aromatic carbocycles. The monoisotopic (exact) mass is 256 g/mol. The summed E-state index contributed by atoms with van der Waals surface area (Å²) in [6, 6.07) is 8.73. The molecule has 5 nitrogen and oxygen atoms in total. The number of nitrogens with zero attached hydrogens (tertiary/aromatic N) is 2. The summed E-state index contributed by atoms with van der Waals surface area (Å²) in [6.45, 7) is 0.152. The molecule has 0 unspecified atom stereocenters. The molecule has 2 aromatic rings. The molecule has 0 N–H and O–H groups in total. The Kier molecular flexibility index (Phi) is 4.19. The van der Waals surface area contributed by atoms with Gasteiger partial charge in [-0.1, -0.05) is 5.92 Å². The Balaban J connectivity index is 2.07. The topological polar surface area (TPSA) is 53.5 Å². The van der Waals surface area contributed by atoms with Crippen LogP contribution in [-0.4, -0.2) is 23.7 Å². The number of hydrogen-bond donors (Lipinski definition) is 0. The van der Waals surface area contributed by atoms with Crippen molar-refractivity contribution in [1.82, 2.24) is 9.97 Å². The zero-order chi connectivity index (χ0) is 13.5. The second kappa shape index (κ2) is 6.26. The van der Waals surface area contributed by atoms with Crippen molar-refractivity contribution in [2.24, 2.45) is 0 Å². The van der Waals surface area contributed by atoms with Gasteiger partial charge in [0.05, 0.1) is 13.2 Å². The van der Waals surface area contributed by atoms with Gasteiger partial charge >= 0.3 is 0 Å². The number of benzene rings is 1. The van der Waals surface area contributed by atoms with Crippen molar-refractivity contribution in [3.05, 3.63) is 36.7 Å². The van der Waals surface area contributed by atoms with Crippen molar-refractivity contribution in [3.8, 4) is 35.6 Å². The van der Waals surface area contributed by atoms with Gasteiger partial charge in [0.15, 0.2) is 6.61 Å². The predicted octanol–water partition coefficient (Wildman–Crippen LogP) is 2.29. The lowest BCUT2D eigenvalue weighted by atomic mass is 10.3. The Morgan fingerprint density at radius 2 is 1.79 bits per heavy atom. The van der Waals surface area contributed by atoms with Gasteiger partial charge in [-0.3, -0.25) is 0 Å². The van der Waals surface area contributed by atoms with Gasteiger partial charge in [-0.15, -0.1) is 6.42 Å². The minimum atomic E-state index is 0.152. The van der Waals surface area contributed by atoms with Crippen LogP contribution in [0.3, 0.4) is 0 Å². The molecule has 0 saturated carbocycles. The van der Waals surface area contributed by atoms with Gasteiger partial charge in [0.1, 0.15) is 17.8 Å². The summed E-state index contributed by atoms with van der Waals surface area (Å²) in [5, 5.41) is 0. The molecule has 0 fully saturated rings. The molecule has 1 aromatic heterocycles. The first-order valence-electron chi connectivity index (χ1n) is 5.52. The first-order chi connectivity index (χ1) is 9.31. The number of ether oxygens (including phenoxy) is 3. The zero-order valence-corrected chi connectivity index (χ0v) is 10.4. The summed E-state index contributed by atoms with van der Waals surface area (Å²) in [5.41, 5.74) is 0. The fourth-order valence-corrected chi connectivity index (χ4v) is 1.34. The van der Waals surface area contributed by atoms with E-state index in [9.17, 15) is 0 Å². The molecular formula is C14H12N2O3. The van der Waals surface area contributed by atoms with Crippen molar-refractivity contribution in [2.45, 2.75) is 0 Å². The maximum absolute atomic E-state index is 5.56. The molecule has 19 heavy (non-hydrogen) atoms. The lowest BCUT2D eigenvalue weighted by Crippen LogP contribution is -1.97. The van der Waals surface area contributed by atoms with Crippen molar-refractivity contribution in [1.29, 1.82) is 0 Å². The van der Waals surface area contributed by atoms with E-state index in [4.69, 9.17) is 20.6 Å². The third-order valence-corrected chi connectivity index (χ3v) is 2.20. The standard InChI is InChI=1S/C14H12N2O3/c1-3-8-18-13-9-14(16-10-15-13)19-12-6-4-11(17-2)5-7-12/h1,4-7,9-10H,8H2,2H3. The quantitative estimate of drug-likeness (QED) is 0.768. The van der Waals surface area contributed by atoms with Crippen molar-refractivity contribution >= 4 is 0 Å². The van der Waals surface area contributed by atoms with Crippen LogP contribution in [-0.2, 0) is 0 Å². The summed E-state index contributed by atoms with van der Waals surface area (Å²) in [7, 11) is 1.61. The summed E-state index contributed by atoms with van der Waals surface area (Å²) >= 11 is 0. The molecule has 0 aliphatic heterocycles. The fourth-order valence-electron chi connectivity index (χ4n) is 1.34. The highest BCUT2D eigenvalue weighted by atomic mass is 16.5. The van der Waals surface area contributed by atoms with Gasteiger partial charge in [-0.05, 0) is 24.3 Å². The van der Waals surface area contributed by atoms with E-state index >= 15 is 0 Å². The van der Waals surface area contributed by atoms with E-state index < -0.39 is 0 Å². The minimum Gasteiger partial charge on any atom is -0.497 e. The number of methoxy groups -OCH3 is 1. The highest BCUT2D eigenvalue weighted by Crippen LogP contribution is 2.23. The smallest absolute Gasteiger partial charge is 0.226 e. The van der Waals surface area contributed by atoms with Crippen molar-refractivity contribution in [3.63, 3.8) is 0 Å². The average Bonchev–Trinajstić information content (AvgIpc) is 2.46. The van der Waals surface area contributed by atoms with Gasteiger partial charge in [0.25, 0.3) is 0 Å². The van der Waals surface area contributed by atoms with E-state index in [-0.39, 0.29) is 6.61 Å². The Hall–Kier alpha value is -2.74. The second-order valence-corrected chi connectivity index (χ2v) is 3.46. The van der Waals surface area contributed by atoms with Crippen LogP contribution in [0.5, 0.6) is 23.3 Å². The van der Waals surface area contributed by atoms with Crippen LogP contribution in [0, 0.1) is 12.3 Å². The molecule has 96 valence electrons. The molecule has 0 amide bonds. The van der Waals surface area contributed by atoms with E-state index in [1.54, 1.807) is 37.4 Å². The summed E-state index contributed by atoms with van der Waals surface area (Å²) in [6.07, 6.45) is 6.46. The van der Waals surface area contributed by atoms with Gasteiger partial charge in [-0.25, -0.2) is 9.97 Å². The van der Waals surface area contributed by atoms with Crippen molar-refractivity contribution < 1.29 is 14.2 Å². The van der Waals surface area contributed by atoms with Gasteiger partial charge in [0, 0.05) is 0 Å². The van der Waals surface area contributed by atoms with Crippen LogP contribution in [0.15, 0.2) is 36.7 Å². The van der Waals surface area contributed by atoms with Crippen molar-refractivity contribution in [2.75, 3.05) is 13.7 Å². The summed E-state index contributed by atoms with van der Waals surface area (Å²) in [5.74, 6) is 4.51. The van der Waals surface area contributed by atoms with Crippen LogP contribution in [0.25, 0.3) is 0 Å². The Morgan fingerprint density at radius 1 is 1.11 bits per heavy atom. The molecule has 0 spiro atoms. The van der Waals surface area contributed by atoms with Crippen LogP contribution < -0.4 is 14.2 Å². The van der Waals surface area contributed by atoms with Gasteiger partial charge in [-0.2, -0.15) is 0 Å². The molecule has 0 saturated heterocycles. The molecule has 5 heteroatoms. The first kappa shape index (κ1) is 12.7. The number of terminal acetylenes is 1. The van der Waals surface area contributed by atoms with E-state index in [1.165, 1.54) is 6.33 Å². The Labute approximate surface area is 111 Å². The molecular weight excluding hydrogens is 244 g/mol. The highest BCUT2D eigenvalue weighted by molar-refractivity contribution is 5.34. The highest BCUT2D eigenvalue weighted by Gasteiger charge is 2.02. The van der Waals surface area contributed by atoms with E-state index in [0.29, 0.717) is 17.5 Å². The van der Waals surface area contributed by atoms with Crippen LogP contribution in [0.4, 0.5) is 0 Å². The SMILES string of the molecule is C#CCOc1cc(Oc2ccc(OC)cc2)ncn1. The maximum Gasteiger partial charge on any atom is 0.226 e. The molecule has 0 bridgehead atoms. The normalized spacial score (nSPS) is 9.47. The minimum absolute atomic E-state index is 0.152. The van der Waals surface area contributed by atoms with Gasteiger partial charge < -0.3 is 14.2 Å².